The molecule has 1 saturated heterocycles. The van der Waals surface area contributed by atoms with Crippen molar-refractivity contribution in [2.45, 2.75) is 133 Å². The van der Waals surface area contributed by atoms with Gasteiger partial charge in [-0.2, -0.15) is 10.4 Å². The Morgan fingerprint density at radius 2 is 1.65 bits per heavy atom. The van der Waals surface area contributed by atoms with Gasteiger partial charge in [0.2, 0.25) is 5.60 Å². The molecule has 0 radical (unpaired) electrons. The highest BCUT2D eigenvalue weighted by Crippen LogP contribution is 2.46. The standard InChI is InChI=1S/C38H54N5O8P/c1-2-3-4-5-6-7-8-9-10-11-12-13-14-15-19-22-31(48-25-30-20-17-16-18-21-30)26-49-52(46,47)50-27-33-35(44)36(45)38(28-39,51-33)34-24-23-32-37(40)41-29-42-43(32)34/h16-18,20-21,23-24,29,31,33,35-36,44-45H,2-14,22,25-27H2,1H3,(H,46,47)(H2,40,41,42)/t31-,33-,35-,36-,38+/m1/s1. The lowest BCUT2D eigenvalue weighted by molar-refractivity contribution is -0.0656. The molecule has 4 rings (SSSR count). The van der Waals surface area contributed by atoms with Crippen molar-refractivity contribution in [3.8, 4) is 17.9 Å². The number of phosphoric ester groups is 1. The minimum Gasteiger partial charge on any atom is -0.387 e. The third-order valence-corrected chi connectivity index (χ3v) is 10.2. The Morgan fingerprint density at radius 1 is 0.981 bits per heavy atom. The van der Waals surface area contributed by atoms with Gasteiger partial charge in [0, 0.05) is 12.8 Å². The Hall–Kier alpha value is -3.36. The SMILES string of the molecule is CCCCCCCCCCCCCCC#CC[C@H](COP(=O)(O)OC[C@H]1O[C@@](C#N)(c2ccc3c(N)ncnn23)[C@H](O)[C@@H]1O)OCc1ccccc1. The van der Waals surface area contributed by atoms with Crippen LogP contribution in [0.3, 0.4) is 0 Å². The van der Waals surface area contributed by atoms with E-state index >= 15 is 0 Å². The van der Waals surface area contributed by atoms with E-state index in [1.807, 2.05) is 36.4 Å². The second kappa shape index (κ2) is 21.4. The van der Waals surface area contributed by atoms with Crippen LogP contribution >= 0.6 is 7.82 Å². The number of fused-ring (bicyclic) bond motifs is 1. The number of rotatable bonds is 23. The average molecular weight is 740 g/mol. The Labute approximate surface area is 307 Å². The summed E-state index contributed by atoms with van der Waals surface area (Å²) in [4.78, 5) is 14.4. The van der Waals surface area contributed by atoms with Crippen molar-refractivity contribution >= 4 is 19.2 Å². The first kappa shape index (κ1) is 41.4. The number of aromatic nitrogens is 3. The molecule has 0 spiro atoms. The highest BCUT2D eigenvalue weighted by atomic mass is 31.2. The van der Waals surface area contributed by atoms with E-state index in [1.165, 1.54) is 81.1 Å². The second-order valence-corrected chi connectivity index (χ2v) is 14.7. The van der Waals surface area contributed by atoms with Crippen molar-refractivity contribution in [3.05, 3.63) is 60.0 Å². The monoisotopic (exact) mass is 739 g/mol. The van der Waals surface area contributed by atoms with Gasteiger partial charge in [0.25, 0.3) is 0 Å². The van der Waals surface area contributed by atoms with Gasteiger partial charge < -0.3 is 30.3 Å². The first-order chi connectivity index (χ1) is 25.2. The molecule has 6 atom stereocenters. The number of hydrogen-bond donors (Lipinski definition) is 4. The summed E-state index contributed by atoms with van der Waals surface area (Å²) in [5, 5.41) is 35.9. The van der Waals surface area contributed by atoms with E-state index < -0.39 is 44.4 Å². The van der Waals surface area contributed by atoms with E-state index in [4.69, 9.17) is 24.3 Å². The predicted octanol–water partition coefficient (Wildman–Crippen LogP) is 6.35. The van der Waals surface area contributed by atoms with Gasteiger partial charge in [-0.1, -0.05) is 108 Å². The largest absolute Gasteiger partial charge is 0.472 e. The molecule has 1 aliphatic rings. The summed E-state index contributed by atoms with van der Waals surface area (Å²) in [5.74, 6) is 6.47. The van der Waals surface area contributed by atoms with Crippen LogP contribution in [0.5, 0.6) is 0 Å². The van der Waals surface area contributed by atoms with Crippen LogP contribution in [0.15, 0.2) is 48.8 Å². The topological polar surface area (TPSA) is 195 Å². The summed E-state index contributed by atoms with van der Waals surface area (Å²) < 4.78 is 36.5. The molecule has 52 heavy (non-hydrogen) atoms. The molecular formula is C38H54N5O8P. The summed E-state index contributed by atoms with van der Waals surface area (Å²) in [7, 11) is -4.70. The van der Waals surface area contributed by atoms with Crippen molar-refractivity contribution < 1.29 is 38.2 Å². The number of nitrogens with zero attached hydrogens (tertiary/aromatic N) is 4. The molecule has 0 amide bonds. The number of unbranched alkanes of at least 4 members (excludes halogenated alkanes) is 12. The molecule has 0 bridgehead atoms. The summed E-state index contributed by atoms with van der Waals surface area (Å²) >= 11 is 0. The van der Waals surface area contributed by atoms with Gasteiger partial charge in [0.15, 0.2) is 5.82 Å². The van der Waals surface area contributed by atoms with Crippen LogP contribution in [0.1, 0.15) is 108 Å². The molecule has 284 valence electrons. The van der Waals surface area contributed by atoms with Gasteiger partial charge in [-0.05, 0) is 24.1 Å². The summed E-state index contributed by atoms with van der Waals surface area (Å²) in [6.07, 6.45) is 12.2. The van der Waals surface area contributed by atoms with Gasteiger partial charge in [0.05, 0.1) is 31.6 Å². The highest BCUT2D eigenvalue weighted by Gasteiger charge is 2.58. The van der Waals surface area contributed by atoms with E-state index in [0.717, 1.165) is 24.8 Å². The van der Waals surface area contributed by atoms with Crippen LogP contribution < -0.4 is 5.73 Å². The predicted molar refractivity (Wildman–Crippen MR) is 196 cm³/mol. The number of hydrogen-bond acceptors (Lipinski definition) is 11. The molecule has 1 fully saturated rings. The van der Waals surface area contributed by atoms with Crippen LogP contribution in [0.25, 0.3) is 5.52 Å². The fourth-order valence-electron chi connectivity index (χ4n) is 6.22. The average Bonchev–Trinajstić information content (AvgIpc) is 3.70. The number of aliphatic hydroxyl groups is 2. The fourth-order valence-corrected chi connectivity index (χ4v) is 6.98. The zero-order valence-corrected chi connectivity index (χ0v) is 31.0. The van der Waals surface area contributed by atoms with E-state index in [0.29, 0.717) is 5.52 Å². The number of aliphatic hydroxyl groups excluding tert-OH is 2. The van der Waals surface area contributed by atoms with Gasteiger partial charge in [-0.15, -0.1) is 11.8 Å². The summed E-state index contributed by atoms with van der Waals surface area (Å²) in [5.41, 5.74) is 5.21. The van der Waals surface area contributed by atoms with Crippen LogP contribution in [-0.4, -0.2) is 67.3 Å². The Balaban J connectivity index is 1.23. The van der Waals surface area contributed by atoms with Crippen molar-refractivity contribution in [3.63, 3.8) is 0 Å². The molecule has 2 aromatic heterocycles. The van der Waals surface area contributed by atoms with Crippen molar-refractivity contribution in [2.24, 2.45) is 0 Å². The third kappa shape index (κ3) is 12.1. The first-order valence-corrected chi connectivity index (χ1v) is 20.0. The number of nitrogen functional groups attached to an aromatic ring is 1. The van der Waals surface area contributed by atoms with Crippen molar-refractivity contribution in [1.82, 2.24) is 14.6 Å². The van der Waals surface area contributed by atoms with Crippen LogP contribution in [0.4, 0.5) is 5.82 Å². The summed E-state index contributed by atoms with van der Waals surface area (Å²) in [6.45, 7) is 1.55. The number of nitrogens with two attached hydrogens (primary N) is 1. The molecule has 1 unspecified atom stereocenters. The Kier molecular flexibility index (Phi) is 17.0. The molecule has 3 aromatic rings. The van der Waals surface area contributed by atoms with E-state index in [1.54, 1.807) is 6.07 Å². The van der Waals surface area contributed by atoms with Gasteiger partial charge in [-0.25, -0.2) is 14.1 Å². The molecule has 5 N–H and O–H groups in total. The minimum absolute atomic E-state index is 0.0925. The minimum atomic E-state index is -4.70. The molecule has 3 heterocycles. The summed E-state index contributed by atoms with van der Waals surface area (Å²) in [6, 6.07) is 14.5. The van der Waals surface area contributed by atoms with Crippen molar-refractivity contribution in [1.29, 1.82) is 5.26 Å². The molecule has 0 aliphatic carbocycles. The van der Waals surface area contributed by atoms with Crippen LogP contribution in [0, 0.1) is 23.2 Å². The Morgan fingerprint density at radius 3 is 2.33 bits per heavy atom. The quantitative estimate of drug-likeness (QED) is 0.0479. The third-order valence-electron chi connectivity index (χ3n) is 9.25. The number of nitriles is 1. The molecule has 14 heteroatoms. The maximum absolute atomic E-state index is 12.9. The van der Waals surface area contributed by atoms with Crippen LogP contribution in [0.2, 0.25) is 0 Å². The van der Waals surface area contributed by atoms with Crippen LogP contribution in [-0.2, 0) is 35.3 Å². The van der Waals surface area contributed by atoms with E-state index in [2.05, 4.69) is 28.8 Å². The van der Waals surface area contributed by atoms with E-state index in [9.17, 15) is 24.9 Å². The zero-order chi connectivity index (χ0) is 37.2. The molecule has 13 nitrogen and oxygen atoms in total. The number of phosphoric acid groups is 1. The van der Waals surface area contributed by atoms with Gasteiger partial charge >= 0.3 is 7.82 Å². The lowest BCUT2D eigenvalue weighted by atomic mass is 9.92. The number of benzene rings is 1. The number of ether oxygens (including phenoxy) is 2. The lowest BCUT2D eigenvalue weighted by Gasteiger charge is -2.24. The normalized spacial score (nSPS) is 21.7. The van der Waals surface area contributed by atoms with Gasteiger partial charge in [-0.3, -0.25) is 9.05 Å². The molecule has 0 saturated carbocycles. The van der Waals surface area contributed by atoms with Crippen molar-refractivity contribution in [2.75, 3.05) is 18.9 Å². The number of anilines is 1. The highest BCUT2D eigenvalue weighted by molar-refractivity contribution is 7.47. The molecule has 1 aliphatic heterocycles. The molecule has 1 aromatic carbocycles. The smallest absolute Gasteiger partial charge is 0.387 e. The fraction of sp³-hybridized carbons (Fsp3) is 0.605. The van der Waals surface area contributed by atoms with Gasteiger partial charge in [0.1, 0.15) is 36.2 Å². The maximum Gasteiger partial charge on any atom is 0.472 e. The second-order valence-electron chi connectivity index (χ2n) is 13.3. The Bertz CT molecular complexity index is 1660. The van der Waals surface area contributed by atoms with E-state index in [-0.39, 0.29) is 31.1 Å². The maximum atomic E-state index is 12.9. The lowest BCUT2D eigenvalue weighted by Crippen LogP contribution is -2.41. The first-order valence-electron chi connectivity index (χ1n) is 18.5. The zero-order valence-electron chi connectivity index (χ0n) is 30.1. The molecular weight excluding hydrogens is 685 g/mol.